The topological polar surface area (TPSA) is 93.6 Å². The molecule has 0 spiro atoms. The molecule has 2 aromatic heterocycles. The summed E-state index contributed by atoms with van der Waals surface area (Å²) in [5.41, 5.74) is 4.53. The number of aryl methyl sites for hydroxylation is 3. The maximum Gasteiger partial charge on any atom is 0.313 e. The molecule has 7 heteroatoms. The Morgan fingerprint density at radius 3 is 2.57 bits per heavy atom. The standard InChI is InChI=1S/C28H33N3O4/c1-17-12-21(28(4,5)27(32)33)15-22(13-17)31-25-16-23(6-9-29-25)35-24-14-18(2)19(3)30-26(24)20-7-10-34-11-8-20/h6,9,12-16,20H,7-8,10-11H2,1-5H3,(H,29,31)(H,32,33). The molecule has 0 bridgehead atoms. The average molecular weight is 476 g/mol. The number of ether oxygens (including phenoxy) is 2. The van der Waals surface area contributed by atoms with Crippen LogP contribution >= 0.6 is 0 Å². The van der Waals surface area contributed by atoms with Gasteiger partial charge in [0.05, 0.1) is 11.1 Å². The second-order valence-electron chi connectivity index (χ2n) is 9.78. The smallest absolute Gasteiger partial charge is 0.313 e. The largest absolute Gasteiger partial charge is 0.481 e. The molecule has 1 fully saturated rings. The maximum atomic E-state index is 11.7. The summed E-state index contributed by atoms with van der Waals surface area (Å²) in [5, 5.41) is 12.9. The fourth-order valence-electron chi connectivity index (χ4n) is 4.20. The van der Waals surface area contributed by atoms with Crippen LogP contribution in [-0.4, -0.2) is 34.3 Å². The van der Waals surface area contributed by atoms with Crippen LogP contribution in [0.4, 0.5) is 11.5 Å². The fourth-order valence-corrected chi connectivity index (χ4v) is 4.20. The molecule has 0 radical (unpaired) electrons. The Kier molecular flexibility index (Phi) is 7.08. The van der Waals surface area contributed by atoms with E-state index >= 15 is 0 Å². The number of anilines is 2. The van der Waals surface area contributed by atoms with Gasteiger partial charge in [0.1, 0.15) is 17.3 Å². The maximum absolute atomic E-state index is 11.7. The van der Waals surface area contributed by atoms with Crippen molar-refractivity contribution in [2.24, 2.45) is 0 Å². The molecule has 7 nitrogen and oxygen atoms in total. The number of aliphatic carboxylic acids is 1. The Bertz CT molecular complexity index is 1230. The lowest BCUT2D eigenvalue weighted by atomic mass is 9.84. The summed E-state index contributed by atoms with van der Waals surface area (Å²) >= 11 is 0. The molecule has 35 heavy (non-hydrogen) atoms. The number of nitrogens with zero attached hydrogens (tertiary/aromatic N) is 2. The second-order valence-corrected chi connectivity index (χ2v) is 9.78. The summed E-state index contributed by atoms with van der Waals surface area (Å²) in [6.45, 7) is 10.9. The third-order valence-electron chi connectivity index (χ3n) is 6.63. The van der Waals surface area contributed by atoms with Gasteiger partial charge in [-0.3, -0.25) is 9.78 Å². The average Bonchev–Trinajstić information content (AvgIpc) is 2.81. The Hall–Kier alpha value is -3.45. The van der Waals surface area contributed by atoms with Crippen molar-refractivity contribution in [2.75, 3.05) is 18.5 Å². The van der Waals surface area contributed by atoms with E-state index in [1.807, 2.05) is 51.1 Å². The molecule has 2 N–H and O–H groups in total. The van der Waals surface area contributed by atoms with Gasteiger partial charge in [-0.25, -0.2) is 4.98 Å². The number of nitrogens with one attached hydrogen (secondary N) is 1. The zero-order valence-electron chi connectivity index (χ0n) is 21.0. The predicted octanol–water partition coefficient (Wildman–Crippen LogP) is 6.19. The van der Waals surface area contributed by atoms with Gasteiger partial charge in [0, 0.05) is 42.8 Å². The third-order valence-corrected chi connectivity index (χ3v) is 6.63. The number of hydrogen-bond acceptors (Lipinski definition) is 6. The Balaban J connectivity index is 1.60. The quantitative estimate of drug-likeness (QED) is 0.420. The molecule has 1 saturated heterocycles. The van der Waals surface area contributed by atoms with Gasteiger partial charge in [-0.1, -0.05) is 6.07 Å². The molecule has 1 aliphatic rings. The van der Waals surface area contributed by atoms with Crippen LogP contribution in [-0.2, 0) is 14.9 Å². The van der Waals surface area contributed by atoms with Crippen LogP contribution < -0.4 is 10.1 Å². The molecule has 3 heterocycles. The van der Waals surface area contributed by atoms with Crippen LogP contribution in [0.25, 0.3) is 0 Å². The first-order valence-electron chi connectivity index (χ1n) is 12.0. The molecule has 184 valence electrons. The van der Waals surface area contributed by atoms with Gasteiger partial charge in [-0.05, 0) is 88.4 Å². The molecule has 0 atom stereocenters. The first-order valence-corrected chi connectivity index (χ1v) is 12.0. The molecule has 0 saturated carbocycles. The highest BCUT2D eigenvalue weighted by atomic mass is 16.5. The first kappa shape index (κ1) is 24.7. The van der Waals surface area contributed by atoms with E-state index in [0.29, 0.717) is 17.5 Å². The summed E-state index contributed by atoms with van der Waals surface area (Å²) < 4.78 is 11.9. The summed E-state index contributed by atoms with van der Waals surface area (Å²) in [4.78, 5) is 21.1. The summed E-state index contributed by atoms with van der Waals surface area (Å²) in [6.07, 6.45) is 3.55. The number of pyridine rings is 2. The minimum atomic E-state index is -1.00. The van der Waals surface area contributed by atoms with Crippen molar-refractivity contribution >= 4 is 17.5 Å². The van der Waals surface area contributed by atoms with Crippen LogP contribution in [0, 0.1) is 20.8 Å². The molecule has 0 amide bonds. The first-order chi connectivity index (χ1) is 16.6. The Morgan fingerprint density at radius 1 is 1.11 bits per heavy atom. The van der Waals surface area contributed by atoms with Crippen molar-refractivity contribution in [1.29, 1.82) is 0 Å². The van der Waals surface area contributed by atoms with Crippen molar-refractivity contribution in [1.82, 2.24) is 9.97 Å². The molecule has 0 unspecified atom stereocenters. The van der Waals surface area contributed by atoms with Crippen molar-refractivity contribution in [2.45, 2.75) is 58.8 Å². The SMILES string of the molecule is Cc1cc(Nc2cc(Oc3cc(C)c(C)nc3C3CCOCC3)ccn2)cc(C(C)(C)C(=O)O)c1. The molecule has 0 aliphatic carbocycles. The van der Waals surface area contributed by atoms with E-state index in [-0.39, 0.29) is 0 Å². The van der Waals surface area contributed by atoms with E-state index in [1.54, 1.807) is 20.0 Å². The second kappa shape index (κ2) is 10.0. The Labute approximate surface area is 206 Å². The number of carboxylic acid groups (broad SMARTS) is 1. The van der Waals surface area contributed by atoms with Crippen LogP contribution in [0.3, 0.4) is 0 Å². The highest BCUT2D eigenvalue weighted by Crippen LogP contribution is 2.36. The molecular formula is C28H33N3O4. The van der Waals surface area contributed by atoms with Crippen molar-refractivity contribution in [3.63, 3.8) is 0 Å². The van der Waals surface area contributed by atoms with Gasteiger partial charge in [0.15, 0.2) is 0 Å². The van der Waals surface area contributed by atoms with Crippen LogP contribution in [0.2, 0.25) is 0 Å². The van der Waals surface area contributed by atoms with Crippen molar-refractivity contribution in [3.05, 3.63) is 70.7 Å². The van der Waals surface area contributed by atoms with Crippen LogP contribution in [0.5, 0.6) is 11.5 Å². The number of aromatic nitrogens is 2. The van der Waals surface area contributed by atoms with E-state index in [2.05, 4.69) is 16.4 Å². The van der Waals surface area contributed by atoms with Crippen LogP contribution in [0.1, 0.15) is 60.7 Å². The Morgan fingerprint density at radius 2 is 1.86 bits per heavy atom. The molecule has 1 aliphatic heterocycles. The lowest BCUT2D eigenvalue weighted by Gasteiger charge is -2.24. The van der Waals surface area contributed by atoms with E-state index < -0.39 is 11.4 Å². The van der Waals surface area contributed by atoms with E-state index in [9.17, 15) is 9.90 Å². The number of carboxylic acids is 1. The van der Waals surface area contributed by atoms with E-state index in [4.69, 9.17) is 14.5 Å². The number of carbonyl (C=O) groups is 1. The normalized spacial score (nSPS) is 14.5. The van der Waals surface area contributed by atoms with Crippen molar-refractivity contribution in [3.8, 4) is 11.5 Å². The molecule has 1 aromatic carbocycles. The van der Waals surface area contributed by atoms with Crippen LogP contribution in [0.15, 0.2) is 42.6 Å². The highest BCUT2D eigenvalue weighted by Gasteiger charge is 2.30. The van der Waals surface area contributed by atoms with E-state index in [1.165, 1.54) is 0 Å². The summed E-state index contributed by atoms with van der Waals surface area (Å²) in [7, 11) is 0. The number of hydrogen-bond donors (Lipinski definition) is 2. The highest BCUT2D eigenvalue weighted by molar-refractivity contribution is 5.81. The van der Waals surface area contributed by atoms with Gasteiger partial charge in [0.2, 0.25) is 0 Å². The molecular weight excluding hydrogens is 442 g/mol. The number of benzene rings is 1. The van der Waals surface area contributed by atoms with Gasteiger partial charge < -0.3 is 19.9 Å². The van der Waals surface area contributed by atoms with Gasteiger partial charge in [-0.15, -0.1) is 0 Å². The number of rotatable bonds is 7. The van der Waals surface area contributed by atoms with Gasteiger partial charge >= 0.3 is 5.97 Å². The van der Waals surface area contributed by atoms with E-state index in [0.717, 1.165) is 65.6 Å². The van der Waals surface area contributed by atoms with Crippen molar-refractivity contribution < 1.29 is 19.4 Å². The summed E-state index contributed by atoms with van der Waals surface area (Å²) in [5.74, 6) is 1.46. The minimum absolute atomic E-state index is 0.306. The zero-order valence-corrected chi connectivity index (χ0v) is 21.0. The van der Waals surface area contributed by atoms with Gasteiger partial charge in [-0.2, -0.15) is 0 Å². The molecule has 3 aromatic rings. The minimum Gasteiger partial charge on any atom is -0.481 e. The lowest BCUT2D eigenvalue weighted by molar-refractivity contribution is -0.142. The fraction of sp³-hybridized carbons (Fsp3) is 0.393. The van der Waals surface area contributed by atoms with Gasteiger partial charge in [0.25, 0.3) is 0 Å². The molecule has 4 rings (SSSR count). The zero-order chi connectivity index (χ0) is 25.2. The summed E-state index contributed by atoms with van der Waals surface area (Å²) in [6, 6.07) is 11.4. The predicted molar refractivity (Wildman–Crippen MR) is 136 cm³/mol. The third kappa shape index (κ3) is 5.62. The monoisotopic (exact) mass is 475 g/mol. The lowest BCUT2D eigenvalue weighted by Crippen LogP contribution is -2.28.